The number of benzene rings is 2. The second kappa shape index (κ2) is 5.51. The maximum absolute atomic E-state index is 10.8. The van der Waals surface area contributed by atoms with E-state index < -0.39 is 5.97 Å². The molecule has 0 aromatic heterocycles. The van der Waals surface area contributed by atoms with Crippen LogP contribution >= 0.6 is 23.2 Å². The summed E-state index contributed by atoms with van der Waals surface area (Å²) in [5, 5.41) is 9.81. The van der Waals surface area contributed by atoms with Gasteiger partial charge in [-0.05, 0) is 17.7 Å². The predicted octanol–water partition coefficient (Wildman–Crippen LogP) is 3.87. The van der Waals surface area contributed by atoms with Crippen molar-refractivity contribution in [3.8, 4) is 11.1 Å². The fraction of sp³-hybridized carbons (Fsp3) is 0.0714. The van der Waals surface area contributed by atoms with Crippen molar-refractivity contribution in [2.45, 2.75) is 6.42 Å². The molecule has 0 atom stereocenters. The number of halogens is 2. The van der Waals surface area contributed by atoms with Crippen molar-refractivity contribution < 1.29 is 9.90 Å². The average molecular weight is 296 g/mol. The summed E-state index contributed by atoms with van der Waals surface area (Å²) in [7, 11) is 0. The number of nitrogens with two attached hydrogens (primary N) is 1. The van der Waals surface area contributed by atoms with E-state index in [0.717, 1.165) is 0 Å². The summed E-state index contributed by atoms with van der Waals surface area (Å²) < 4.78 is 0. The molecule has 2 aromatic carbocycles. The zero-order valence-corrected chi connectivity index (χ0v) is 11.4. The molecule has 3 nitrogen and oxygen atoms in total. The van der Waals surface area contributed by atoms with Crippen molar-refractivity contribution in [1.82, 2.24) is 0 Å². The molecule has 0 radical (unpaired) electrons. The molecule has 2 aromatic rings. The summed E-state index contributed by atoms with van der Waals surface area (Å²) in [6.45, 7) is 0. The fourth-order valence-corrected chi connectivity index (χ4v) is 2.50. The third-order valence-electron chi connectivity index (χ3n) is 2.77. The molecule has 0 aliphatic carbocycles. The Bertz CT molecular complexity index is 621. The van der Waals surface area contributed by atoms with Crippen LogP contribution in [0, 0.1) is 0 Å². The molecule has 0 heterocycles. The smallest absolute Gasteiger partial charge is 0.307 e. The minimum atomic E-state index is -0.936. The lowest BCUT2D eigenvalue weighted by Crippen LogP contribution is -2.04. The number of aliphatic carboxylic acids is 1. The first-order chi connectivity index (χ1) is 9.00. The largest absolute Gasteiger partial charge is 0.481 e. The Hall–Kier alpha value is -1.71. The highest BCUT2D eigenvalue weighted by atomic mass is 35.5. The number of hydrogen-bond donors (Lipinski definition) is 2. The molecule has 2 rings (SSSR count). The minimum absolute atomic E-state index is 0.137. The summed E-state index contributed by atoms with van der Waals surface area (Å²) >= 11 is 12.3. The van der Waals surface area contributed by atoms with Gasteiger partial charge in [-0.25, -0.2) is 0 Å². The van der Waals surface area contributed by atoms with E-state index in [4.69, 9.17) is 34.0 Å². The van der Waals surface area contributed by atoms with Crippen molar-refractivity contribution in [2.24, 2.45) is 0 Å². The predicted molar refractivity (Wildman–Crippen MR) is 77.7 cm³/mol. The van der Waals surface area contributed by atoms with Gasteiger partial charge < -0.3 is 10.8 Å². The van der Waals surface area contributed by atoms with E-state index >= 15 is 0 Å². The van der Waals surface area contributed by atoms with Gasteiger partial charge in [0.25, 0.3) is 0 Å². The number of nitrogen functional groups attached to an aromatic ring is 1. The Kier molecular flexibility index (Phi) is 3.98. The molecule has 0 unspecified atom stereocenters. The zero-order valence-electron chi connectivity index (χ0n) is 9.86. The van der Waals surface area contributed by atoms with Gasteiger partial charge in [-0.3, -0.25) is 4.79 Å². The first-order valence-electron chi connectivity index (χ1n) is 5.54. The van der Waals surface area contributed by atoms with Crippen LogP contribution in [0.15, 0.2) is 36.4 Å². The maximum Gasteiger partial charge on any atom is 0.307 e. The molecule has 0 saturated heterocycles. The van der Waals surface area contributed by atoms with Gasteiger partial charge in [0.15, 0.2) is 0 Å². The molecular formula is C14H11Cl2NO2. The van der Waals surface area contributed by atoms with Gasteiger partial charge in [-0.15, -0.1) is 0 Å². The Morgan fingerprint density at radius 3 is 2.26 bits per heavy atom. The van der Waals surface area contributed by atoms with E-state index in [1.165, 1.54) is 0 Å². The molecule has 0 fully saturated rings. The van der Waals surface area contributed by atoms with Gasteiger partial charge in [0, 0.05) is 26.9 Å². The van der Waals surface area contributed by atoms with E-state index in [1.54, 1.807) is 36.4 Å². The number of para-hydroxylation sites is 1. The summed E-state index contributed by atoms with van der Waals surface area (Å²) in [5.41, 5.74) is 8.22. The highest BCUT2D eigenvalue weighted by Crippen LogP contribution is 2.38. The SMILES string of the molecule is Nc1c(CC(=O)O)cccc1-c1c(Cl)cccc1Cl. The Balaban J connectivity index is 2.60. The van der Waals surface area contributed by atoms with Crippen LogP contribution in [-0.2, 0) is 11.2 Å². The number of carbonyl (C=O) groups is 1. The lowest BCUT2D eigenvalue weighted by atomic mass is 9.99. The van der Waals surface area contributed by atoms with Crippen LogP contribution in [0.25, 0.3) is 11.1 Å². The zero-order chi connectivity index (χ0) is 14.0. The second-order valence-corrected chi connectivity index (χ2v) is 4.86. The first kappa shape index (κ1) is 13.7. The fourth-order valence-electron chi connectivity index (χ4n) is 1.90. The van der Waals surface area contributed by atoms with Crippen molar-refractivity contribution in [3.63, 3.8) is 0 Å². The van der Waals surface area contributed by atoms with E-state index in [2.05, 4.69) is 0 Å². The molecule has 19 heavy (non-hydrogen) atoms. The quantitative estimate of drug-likeness (QED) is 0.845. The molecule has 0 spiro atoms. The molecule has 0 saturated carbocycles. The lowest BCUT2D eigenvalue weighted by molar-refractivity contribution is -0.136. The number of hydrogen-bond acceptors (Lipinski definition) is 2. The van der Waals surface area contributed by atoms with E-state index in [-0.39, 0.29) is 6.42 Å². The van der Waals surface area contributed by atoms with Crippen LogP contribution < -0.4 is 5.73 Å². The number of carboxylic acids is 1. The molecule has 0 bridgehead atoms. The van der Waals surface area contributed by atoms with E-state index in [9.17, 15) is 4.79 Å². The summed E-state index contributed by atoms with van der Waals surface area (Å²) in [5.74, 6) is -0.936. The topological polar surface area (TPSA) is 63.3 Å². The van der Waals surface area contributed by atoms with E-state index in [1.807, 2.05) is 0 Å². The van der Waals surface area contributed by atoms with Gasteiger partial charge in [0.05, 0.1) is 6.42 Å². The Morgan fingerprint density at radius 1 is 1.11 bits per heavy atom. The van der Waals surface area contributed by atoms with Crippen LogP contribution in [0.4, 0.5) is 5.69 Å². The maximum atomic E-state index is 10.8. The van der Waals surface area contributed by atoms with Crippen molar-refractivity contribution in [2.75, 3.05) is 5.73 Å². The molecular weight excluding hydrogens is 285 g/mol. The lowest BCUT2D eigenvalue weighted by Gasteiger charge is -2.12. The van der Waals surface area contributed by atoms with Crippen LogP contribution in [0.3, 0.4) is 0 Å². The third-order valence-corrected chi connectivity index (χ3v) is 3.40. The van der Waals surface area contributed by atoms with Crippen molar-refractivity contribution in [1.29, 1.82) is 0 Å². The van der Waals surface area contributed by atoms with Gasteiger partial charge in [0.1, 0.15) is 0 Å². The average Bonchev–Trinajstić information content (AvgIpc) is 2.33. The van der Waals surface area contributed by atoms with Crippen LogP contribution in [0.1, 0.15) is 5.56 Å². The molecule has 0 amide bonds. The first-order valence-corrected chi connectivity index (χ1v) is 6.30. The van der Waals surface area contributed by atoms with Crippen molar-refractivity contribution >= 4 is 34.9 Å². The second-order valence-electron chi connectivity index (χ2n) is 4.05. The summed E-state index contributed by atoms with van der Waals surface area (Å²) in [6.07, 6.45) is -0.137. The Labute approximate surface area is 120 Å². The summed E-state index contributed by atoms with van der Waals surface area (Å²) in [6, 6.07) is 10.4. The minimum Gasteiger partial charge on any atom is -0.481 e. The number of anilines is 1. The van der Waals surface area contributed by atoms with Crippen LogP contribution in [0.2, 0.25) is 10.0 Å². The summed E-state index contributed by atoms with van der Waals surface area (Å²) in [4.78, 5) is 10.8. The highest BCUT2D eigenvalue weighted by molar-refractivity contribution is 6.39. The molecule has 3 N–H and O–H groups in total. The van der Waals surface area contributed by atoms with E-state index in [0.29, 0.717) is 32.4 Å². The van der Waals surface area contributed by atoms with Gasteiger partial charge >= 0.3 is 5.97 Å². The number of rotatable bonds is 3. The van der Waals surface area contributed by atoms with Gasteiger partial charge in [0.2, 0.25) is 0 Å². The van der Waals surface area contributed by atoms with Gasteiger partial charge in [-0.1, -0.05) is 47.5 Å². The molecule has 0 aliphatic rings. The molecule has 5 heteroatoms. The Morgan fingerprint density at radius 2 is 1.68 bits per heavy atom. The molecule has 0 aliphatic heterocycles. The third kappa shape index (κ3) is 2.83. The number of carboxylic acid groups (broad SMARTS) is 1. The van der Waals surface area contributed by atoms with Crippen LogP contribution in [-0.4, -0.2) is 11.1 Å². The van der Waals surface area contributed by atoms with Crippen LogP contribution in [0.5, 0.6) is 0 Å². The monoisotopic (exact) mass is 295 g/mol. The van der Waals surface area contributed by atoms with Crippen molar-refractivity contribution in [3.05, 3.63) is 52.0 Å². The highest BCUT2D eigenvalue weighted by Gasteiger charge is 2.14. The standard InChI is InChI=1S/C14H11Cl2NO2/c15-10-5-2-6-11(16)13(10)9-4-1-3-8(14(9)17)7-12(18)19/h1-6H,7,17H2,(H,18,19). The van der Waals surface area contributed by atoms with Gasteiger partial charge in [-0.2, -0.15) is 0 Å². The molecule has 98 valence electrons. The normalized spacial score (nSPS) is 10.4.